The van der Waals surface area contributed by atoms with Crippen LogP contribution in [-0.4, -0.2) is 189 Å². The van der Waals surface area contributed by atoms with Gasteiger partial charge in [0, 0.05) is 61.7 Å². The predicted molar refractivity (Wildman–Crippen MR) is 312 cm³/mol. The van der Waals surface area contributed by atoms with Gasteiger partial charge in [-0.15, -0.1) is 0 Å². The van der Waals surface area contributed by atoms with Crippen LogP contribution in [0.4, 0.5) is 4.79 Å². The Balaban J connectivity index is 1.05. The van der Waals surface area contributed by atoms with E-state index in [4.69, 9.17) is 52.1 Å². The van der Waals surface area contributed by atoms with E-state index in [9.17, 15) is 54.8 Å². The monoisotopic (exact) mass is 1250 g/mol. The molecule has 5 saturated heterocycles. The summed E-state index contributed by atoms with van der Waals surface area (Å²) in [5.74, 6) is -6.85. The molecule has 6 fully saturated rings. The number of amides is 1. The van der Waals surface area contributed by atoms with Crippen LogP contribution in [0.25, 0.3) is 0 Å². The van der Waals surface area contributed by atoms with E-state index in [-0.39, 0.29) is 56.1 Å². The lowest BCUT2D eigenvalue weighted by atomic mass is 9.49. The fourth-order valence-electron chi connectivity index (χ4n) is 15.8. The van der Waals surface area contributed by atoms with Gasteiger partial charge in [0.15, 0.2) is 42.6 Å². The van der Waals surface area contributed by atoms with Crippen molar-refractivity contribution in [2.45, 2.75) is 250 Å². The van der Waals surface area contributed by atoms with Crippen LogP contribution >= 0.6 is 0 Å². The molecule has 0 aromatic heterocycles. The summed E-state index contributed by atoms with van der Waals surface area (Å²) in [7, 11) is 1.14. The topological polar surface area (TPSA) is 343 Å². The number of hydrogen-bond acceptors (Lipinski definition) is 23. The van der Waals surface area contributed by atoms with Crippen molar-refractivity contribution in [1.29, 1.82) is 0 Å². The number of ketones is 2. The lowest BCUT2D eigenvalue weighted by molar-refractivity contribution is -0.584. The summed E-state index contributed by atoms with van der Waals surface area (Å²) < 4.78 is 68.4. The van der Waals surface area contributed by atoms with E-state index in [1.807, 2.05) is 39.0 Å². The molecule has 5 aliphatic heterocycles. The molecule has 25 heteroatoms. The number of nitrogens with one attached hydrogen (secondary N) is 1. The molecule has 25 nitrogen and oxygen atoms in total. The second-order valence-electron chi connectivity index (χ2n) is 26.7. The van der Waals surface area contributed by atoms with Gasteiger partial charge >= 0.3 is 18.0 Å². The fourth-order valence-corrected chi connectivity index (χ4v) is 15.8. The van der Waals surface area contributed by atoms with Gasteiger partial charge in [0.1, 0.15) is 35.7 Å². The zero-order valence-electron chi connectivity index (χ0n) is 52.9. The Hall–Kier alpha value is -5.29. The summed E-state index contributed by atoms with van der Waals surface area (Å²) in [6.07, 6.45) is -5.71. The van der Waals surface area contributed by atoms with Crippen LogP contribution in [0.1, 0.15) is 128 Å². The highest BCUT2D eigenvalue weighted by atomic mass is 16.7. The third kappa shape index (κ3) is 13.4. The summed E-state index contributed by atoms with van der Waals surface area (Å²) in [4.78, 5) is 80.4. The lowest BCUT2D eigenvalue weighted by Crippen LogP contribution is -2.65. The van der Waals surface area contributed by atoms with Crippen molar-refractivity contribution in [1.82, 2.24) is 5.32 Å². The Kier molecular flexibility index (Phi) is 20.5. The largest absolute Gasteiger partial charge is 0.511 e. The Morgan fingerprint density at radius 1 is 0.764 bits per heavy atom. The van der Waals surface area contributed by atoms with Crippen LogP contribution in [0.3, 0.4) is 0 Å². The molecule has 1 saturated carbocycles. The number of nitro groups is 1. The van der Waals surface area contributed by atoms with Crippen LogP contribution in [0.2, 0.25) is 0 Å². The first kappa shape index (κ1) is 68.1. The van der Waals surface area contributed by atoms with Crippen molar-refractivity contribution >= 4 is 29.6 Å². The van der Waals surface area contributed by atoms with Gasteiger partial charge in [-0.2, -0.15) is 0 Å². The van der Waals surface area contributed by atoms with Crippen molar-refractivity contribution in [2.24, 2.45) is 40.9 Å². The second-order valence-corrected chi connectivity index (χ2v) is 26.7. The maximum Gasteiger partial charge on any atom is 0.407 e. The van der Waals surface area contributed by atoms with Crippen molar-refractivity contribution < 1.29 is 107 Å². The van der Waals surface area contributed by atoms with Crippen LogP contribution in [0.5, 0.6) is 0 Å². The average Bonchev–Trinajstić information content (AvgIpc) is 1.69. The molecule has 9 aliphatic rings. The number of Topliss-reactive ketones (excluding diaryl/α,β-unsaturated/α-hetero) is 1. The van der Waals surface area contributed by atoms with E-state index in [1.54, 1.807) is 40.7 Å². The lowest BCUT2D eigenvalue weighted by Gasteiger charge is -2.56. The summed E-state index contributed by atoms with van der Waals surface area (Å²) in [5.41, 5.74) is -4.55. The molecule has 27 unspecified atom stereocenters. The van der Waals surface area contributed by atoms with Gasteiger partial charge < -0.3 is 83.0 Å². The highest BCUT2D eigenvalue weighted by Crippen LogP contribution is 2.61. The Labute approximate surface area is 518 Å². The number of allylic oxidation sites excluding steroid dienone is 5. The number of fused-ring (bicyclic) bond motifs is 4. The van der Waals surface area contributed by atoms with E-state index >= 15 is 4.79 Å². The van der Waals surface area contributed by atoms with Crippen LogP contribution in [-0.2, 0) is 71.3 Å². The molecule has 27 atom stereocenters. The molecule has 6 N–H and O–H groups in total. The van der Waals surface area contributed by atoms with Crippen LogP contribution < -0.4 is 5.32 Å². The number of esters is 2. The normalized spacial score (nSPS) is 45.2. The summed E-state index contributed by atoms with van der Waals surface area (Å²) in [6, 6.07) is -1.13. The molecular weight excluding hydrogens is 1160 g/mol. The van der Waals surface area contributed by atoms with E-state index in [0.717, 1.165) is 7.11 Å². The molecule has 1 amide bonds. The molecule has 2 bridgehead atoms. The van der Waals surface area contributed by atoms with Crippen molar-refractivity contribution in [3.63, 3.8) is 0 Å². The smallest absolute Gasteiger partial charge is 0.407 e. The van der Waals surface area contributed by atoms with Gasteiger partial charge in [-0.05, 0) is 96.3 Å². The quantitative estimate of drug-likeness (QED) is 0.0257. The first-order chi connectivity index (χ1) is 41.8. The summed E-state index contributed by atoms with van der Waals surface area (Å²) >= 11 is 0. The highest BCUT2D eigenvalue weighted by molar-refractivity contribution is 6.26. The zero-order valence-corrected chi connectivity index (χ0v) is 52.9. The van der Waals surface area contributed by atoms with Gasteiger partial charge in [-0.1, -0.05) is 62.8 Å². The van der Waals surface area contributed by atoms with E-state index in [0.29, 0.717) is 23.1 Å². The first-order valence-electron chi connectivity index (χ1n) is 31.1. The minimum Gasteiger partial charge on any atom is -0.511 e. The van der Waals surface area contributed by atoms with Gasteiger partial charge in [-0.25, -0.2) is 9.59 Å². The number of carbonyl (C=O) groups is 5. The maximum atomic E-state index is 15.8. The molecule has 0 aromatic rings. The first-order valence-corrected chi connectivity index (χ1v) is 31.1. The molecule has 1 spiro atoms. The van der Waals surface area contributed by atoms with Crippen LogP contribution in [0, 0.1) is 51.0 Å². The molecule has 494 valence electrons. The number of aliphatic hydroxyl groups is 5. The van der Waals surface area contributed by atoms with E-state index < -0.39 is 191 Å². The number of hydrogen-bond donors (Lipinski definition) is 6. The minimum absolute atomic E-state index is 0.0219. The molecule has 9 rings (SSSR count). The summed E-state index contributed by atoms with van der Waals surface area (Å²) in [6.45, 7) is 20.1. The van der Waals surface area contributed by atoms with Gasteiger partial charge in [-0.3, -0.25) is 24.5 Å². The van der Waals surface area contributed by atoms with Gasteiger partial charge in [0.25, 0.3) is 0 Å². The highest BCUT2D eigenvalue weighted by Gasteiger charge is 2.65. The predicted octanol–water partition coefficient (Wildman–Crippen LogP) is 5.37. The third-order valence-electron chi connectivity index (χ3n) is 20.3. The molecule has 0 aromatic carbocycles. The van der Waals surface area contributed by atoms with E-state index in [2.05, 4.69) is 12.2 Å². The van der Waals surface area contributed by atoms with Gasteiger partial charge in [0.05, 0.1) is 74.4 Å². The SMILES string of the molecule is COC(=O)NC1C(C)OC(OC2CC=C(C)C3C=CC4C(OC5CC(OC6CC(O)C(OC7CC(O)C(O)C(C)O7)C(C)O6)C(OC(C)=O)C(C)O5)C(C)CC(C)C4C3(C)C(O)=C3C(=O)OC4(CC(C=CC(C)=O)=CC(O)C4C=C2C)C3=O)CC1(C)[N+](=O)[O-]. The average molecular weight is 1260 g/mol. The van der Waals surface area contributed by atoms with Crippen LogP contribution in [0.15, 0.2) is 70.6 Å². The summed E-state index contributed by atoms with van der Waals surface area (Å²) in [5, 5.41) is 73.1. The Morgan fingerprint density at radius 3 is 2.03 bits per heavy atom. The molecule has 4 aliphatic carbocycles. The number of rotatable bonds is 13. The third-order valence-corrected chi connectivity index (χ3v) is 20.3. The van der Waals surface area contributed by atoms with E-state index in [1.165, 1.54) is 39.0 Å². The van der Waals surface area contributed by atoms with Gasteiger partial charge in [0.2, 0.25) is 11.3 Å². The van der Waals surface area contributed by atoms with Crippen molar-refractivity contribution in [3.8, 4) is 0 Å². The number of aliphatic hydroxyl groups excluding tert-OH is 5. The maximum absolute atomic E-state index is 15.8. The number of alkyl carbamates (subject to hydrolysis) is 1. The fraction of sp³-hybridized carbons (Fsp3) is 0.734. The second kappa shape index (κ2) is 26.7. The standard InChI is InChI=1S/C64H90N2O23/c1-28-14-19-45(85-50-27-62(11,66(77)78)57(36(9)83-50)65-61(76)79-13)29(2)21-41-42(69)22-38(16-15-32(5)67)26-64(41)59(74)51(60(75)89-64)58(73)63(12)40(28)18-17-39-52(63)30(3)20-31(4)54(39)87-49-25-46(56(35(8)82-49)84-37(10)68)86-47-24-44(71)55(34(7)81-47)88-48-23-43(70)53(72)33(6)80-48/h14-18,21-22,30-31,33-36,39-50,52-57,69-73H,19-20,23-27H2,1-13H3,(H,65,76). The molecular formula is C64H90N2O23. The number of nitrogens with zero attached hydrogens (tertiary/aromatic N) is 1. The van der Waals surface area contributed by atoms with Crippen molar-refractivity contribution in [3.05, 3.63) is 80.7 Å². The molecule has 89 heavy (non-hydrogen) atoms. The number of ether oxygens (including phenoxy) is 11. The Bertz CT molecular complexity index is 2880. The Morgan fingerprint density at radius 2 is 1.39 bits per heavy atom. The van der Waals surface area contributed by atoms with Crippen molar-refractivity contribution in [2.75, 3.05) is 7.11 Å². The number of carbonyl (C=O) groups excluding carboxylic acids is 5. The number of methoxy groups -OCH3 is 1. The minimum atomic E-state index is -2.15. The zero-order chi connectivity index (χ0) is 65.1. The molecule has 0 radical (unpaired) electrons. The molecule has 5 heterocycles.